The Morgan fingerprint density at radius 1 is 1.04 bits per heavy atom. The number of thiazole rings is 1. The molecule has 6 nitrogen and oxygen atoms in total. The summed E-state index contributed by atoms with van der Waals surface area (Å²) in [6, 6.07) is 4.38. The van der Waals surface area contributed by atoms with Crippen molar-refractivity contribution in [1.29, 1.82) is 0 Å². The quantitative estimate of drug-likeness (QED) is 0.738. The fourth-order valence-electron chi connectivity index (χ4n) is 3.38. The largest absolute Gasteiger partial charge is 0.359 e. The van der Waals surface area contributed by atoms with Crippen LogP contribution in [0.15, 0.2) is 29.9 Å². The van der Waals surface area contributed by atoms with Gasteiger partial charge in [-0.2, -0.15) is 0 Å². The molecule has 0 unspecified atom stereocenters. The molecule has 0 bridgehead atoms. The van der Waals surface area contributed by atoms with Crippen LogP contribution in [0.1, 0.15) is 29.8 Å². The van der Waals surface area contributed by atoms with Crippen LogP contribution in [-0.4, -0.2) is 39.1 Å². The van der Waals surface area contributed by atoms with E-state index >= 15 is 0 Å². The van der Waals surface area contributed by atoms with Gasteiger partial charge in [0.05, 0.1) is 5.69 Å². The van der Waals surface area contributed by atoms with Crippen molar-refractivity contribution >= 4 is 22.3 Å². The lowest BCUT2D eigenvalue weighted by molar-refractivity contribution is 0.522. The molecule has 4 rings (SSSR count). The number of aromatic nitrogens is 4. The van der Waals surface area contributed by atoms with Crippen LogP contribution in [0.2, 0.25) is 0 Å². The lowest BCUT2D eigenvalue weighted by atomic mass is 10.0. The average Bonchev–Trinajstić information content (AvgIpc) is 3.10. The van der Waals surface area contributed by atoms with Gasteiger partial charge in [-0.3, -0.25) is 4.98 Å². The van der Waals surface area contributed by atoms with E-state index in [1.165, 1.54) is 0 Å². The Kier molecular flexibility index (Phi) is 5.03. The van der Waals surface area contributed by atoms with Crippen molar-refractivity contribution in [3.63, 3.8) is 0 Å². The minimum atomic E-state index is 0.467. The van der Waals surface area contributed by atoms with Gasteiger partial charge < -0.3 is 10.2 Å². The standard InChI is InChI=1S/C20H24N6S/c1-13-12-27-20(22-13)24-17-6-10-26(11-7-17)19-14(2)15(3)23-18(25-19)16-4-8-21-9-5-16/h4-5,8-9,12,17H,6-7,10-11H2,1-3H3,(H,22,24). The minimum Gasteiger partial charge on any atom is -0.359 e. The molecule has 4 heterocycles. The van der Waals surface area contributed by atoms with Crippen LogP contribution in [0, 0.1) is 20.8 Å². The Bertz CT molecular complexity index is 915. The zero-order valence-corrected chi connectivity index (χ0v) is 16.8. The van der Waals surface area contributed by atoms with Crippen molar-refractivity contribution in [2.75, 3.05) is 23.3 Å². The predicted molar refractivity (Wildman–Crippen MR) is 110 cm³/mol. The summed E-state index contributed by atoms with van der Waals surface area (Å²) < 4.78 is 0. The summed E-state index contributed by atoms with van der Waals surface area (Å²) in [4.78, 5) is 20.6. The summed E-state index contributed by atoms with van der Waals surface area (Å²) in [6.45, 7) is 8.17. The van der Waals surface area contributed by atoms with Gasteiger partial charge in [0.1, 0.15) is 5.82 Å². The maximum atomic E-state index is 4.90. The van der Waals surface area contributed by atoms with E-state index in [4.69, 9.17) is 4.98 Å². The highest BCUT2D eigenvalue weighted by atomic mass is 32.1. The van der Waals surface area contributed by atoms with Gasteiger partial charge in [-0.15, -0.1) is 11.3 Å². The highest BCUT2D eigenvalue weighted by Crippen LogP contribution is 2.27. The second-order valence-corrected chi connectivity index (χ2v) is 7.87. The molecule has 27 heavy (non-hydrogen) atoms. The number of nitrogens with zero attached hydrogens (tertiary/aromatic N) is 5. The first-order valence-electron chi connectivity index (χ1n) is 9.29. The number of anilines is 2. The second-order valence-electron chi connectivity index (χ2n) is 7.02. The smallest absolute Gasteiger partial charge is 0.183 e. The van der Waals surface area contributed by atoms with Gasteiger partial charge in [0.25, 0.3) is 0 Å². The minimum absolute atomic E-state index is 0.467. The van der Waals surface area contributed by atoms with E-state index in [1.54, 1.807) is 23.7 Å². The lowest BCUT2D eigenvalue weighted by Gasteiger charge is -2.34. The fraction of sp³-hybridized carbons (Fsp3) is 0.400. The molecule has 1 saturated heterocycles. The van der Waals surface area contributed by atoms with Gasteiger partial charge >= 0.3 is 0 Å². The van der Waals surface area contributed by atoms with Crippen LogP contribution in [0.4, 0.5) is 10.9 Å². The molecule has 0 atom stereocenters. The molecule has 140 valence electrons. The van der Waals surface area contributed by atoms with E-state index in [1.807, 2.05) is 19.1 Å². The zero-order chi connectivity index (χ0) is 18.8. The van der Waals surface area contributed by atoms with Crippen LogP contribution in [0.25, 0.3) is 11.4 Å². The number of rotatable bonds is 4. The Hall–Kier alpha value is -2.54. The first-order valence-corrected chi connectivity index (χ1v) is 10.2. The summed E-state index contributed by atoms with van der Waals surface area (Å²) in [5.41, 5.74) is 4.28. The highest BCUT2D eigenvalue weighted by molar-refractivity contribution is 7.13. The highest BCUT2D eigenvalue weighted by Gasteiger charge is 2.23. The molecule has 3 aromatic rings. The molecule has 0 spiro atoms. The van der Waals surface area contributed by atoms with E-state index in [0.717, 1.165) is 65.2 Å². The van der Waals surface area contributed by atoms with Crippen LogP contribution in [-0.2, 0) is 0 Å². The SMILES string of the molecule is Cc1csc(NC2CCN(c3nc(-c4ccncc4)nc(C)c3C)CC2)n1. The molecular formula is C20H24N6S. The maximum absolute atomic E-state index is 4.90. The molecule has 1 fully saturated rings. The molecular weight excluding hydrogens is 356 g/mol. The number of piperidine rings is 1. The first-order chi connectivity index (χ1) is 13.1. The van der Waals surface area contributed by atoms with Crippen LogP contribution < -0.4 is 10.2 Å². The van der Waals surface area contributed by atoms with Crippen molar-refractivity contribution < 1.29 is 0 Å². The van der Waals surface area contributed by atoms with Crippen molar-refractivity contribution in [1.82, 2.24) is 19.9 Å². The van der Waals surface area contributed by atoms with Crippen LogP contribution in [0.5, 0.6) is 0 Å². The summed E-state index contributed by atoms with van der Waals surface area (Å²) in [6.07, 6.45) is 5.72. The Morgan fingerprint density at radius 2 is 1.78 bits per heavy atom. The molecule has 0 aromatic carbocycles. The summed E-state index contributed by atoms with van der Waals surface area (Å²) in [5, 5.41) is 6.69. The molecule has 1 aliphatic rings. The van der Waals surface area contributed by atoms with E-state index in [2.05, 4.69) is 44.4 Å². The molecule has 1 aliphatic heterocycles. The number of aryl methyl sites for hydroxylation is 2. The molecule has 1 N–H and O–H groups in total. The number of hydrogen-bond donors (Lipinski definition) is 1. The van der Waals surface area contributed by atoms with Crippen molar-refractivity contribution in [3.05, 3.63) is 46.9 Å². The monoisotopic (exact) mass is 380 g/mol. The Labute approximate surface area is 163 Å². The molecule has 0 saturated carbocycles. The Balaban J connectivity index is 1.50. The molecule has 0 amide bonds. The van der Waals surface area contributed by atoms with Gasteiger partial charge in [-0.25, -0.2) is 15.0 Å². The topological polar surface area (TPSA) is 66.8 Å². The predicted octanol–water partition coefficient (Wildman–Crippen LogP) is 4.00. The van der Waals surface area contributed by atoms with Crippen LogP contribution >= 0.6 is 11.3 Å². The van der Waals surface area contributed by atoms with Gasteiger partial charge in [-0.1, -0.05) is 0 Å². The molecule has 0 aliphatic carbocycles. The van der Waals surface area contributed by atoms with E-state index in [-0.39, 0.29) is 0 Å². The first kappa shape index (κ1) is 17.9. The Morgan fingerprint density at radius 3 is 2.44 bits per heavy atom. The average molecular weight is 381 g/mol. The van der Waals surface area contributed by atoms with Gasteiger partial charge in [0.2, 0.25) is 0 Å². The molecule has 7 heteroatoms. The third-order valence-corrected chi connectivity index (χ3v) is 5.93. The zero-order valence-electron chi connectivity index (χ0n) is 15.9. The van der Waals surface area contributed by atoms with Gasteiger partial charge in [0, 0.05) is 53.7 Å². The van der Waals surface area contributed by atoms with E-state index < -0.39 is 0 Å². The normalized spacial score (nSPS) is 15.1. The maximum Gasteiger partial charge on any atom is 0.183 e. The fourth-order valence-corrected chi connectivity index (χ4v) is 4.15. The molecule has 3 aromatic heterocycles. The van der Waals surface area contributed by atoms with Crippen molar-refractivity contribution in [2.24, 2.45) is 0 Å². The molecule has 0 radical (unpaired) electrons. The second kappa shape index (κ2) is 7.60. The third-order valence-electron chi connectivity index (χ3n) is 5.04. The number of hydrogen-bond acceptors (Lipinski definition) is 7. The van der Waals surface area contributed by atoms with Crippen molar-refractivity contribution in [2.45, 2.75) is 39.7 Å². The summed E-state index contributed by atoms with van der Waals surface area (Å²) in [5.74, 6) is 1.83. The van der Waals surface area contributed by atoms with Gasteiger partial charge in [-0.05, 0) is 45.7 Å². The number of nitrogens with one attached hydrogen (secondary N) is 1. The number of pyridine rings is 1. The third kappa shape index (κ3) is 3.93. The van der Waals surface area contributed by atoms with E-state index in [0.29, 0.717) is 6.04 Å². The summed E-state index contributed by atoms with van der Waals surface area (Å²) >= 11 is 1.68. The van der Waals surface area contributed by atoms with E-state index in [9.17, 15) is 0 Å². The van der Waals surface area contributed by atoms with Crippen molar-refractivity contribution in [3.8, 4) is 11.4 Å². The van der Waals surface area contributed by atoms with Gasteiger partial charge in [0.15, 0.2) is 11.0 Å². The van der Waals surface area contributed by atoms with Crippen LogP contribution in [0.3, 0.4) is 0 Å². The summed E-state index contributed by atoms with van der Waals surface area (Å²) in [7, 11) is 0. The lowest BCUT2D eigenvalue weighted by Crippen LogP contribution is -2.40.